The van der Waals surface area contributed by atoms with Gasteiger partial charge in [0.1, 0.15) is 5.82 Å². The van der Waals surface area contributed by atoms with E-state index in [1.54, 1.807) is 0 Å². The Morgan fingerprint density at radius 1 is 1.15 bits per heavy atom. The van der Waals surface area contributed by atoms with Gasteiger partial charge >= 0.3 is 0 Å². The molecule has 2 aromatic carbocycles. The van der Waals surface area contributed by atoms with Crippen molar-refractivity contribution in [2.45, 2.75) is 79.1 Å². The van der Waals surface area contributed by atoms with Crippen molar-refractivity contribution in [1.29, 1.82) is 0 Å². The number of hydrogen-bond acceptors (Lipinski definition) is 3. The molecule has 0 bridgehead atoms. The average molecular weight is 546 g/mol. The number of halogens is 1. The Labute approximate surface area is 239 Å². The number of anilines is 2. The lowest BCUT2D eigenvalue weighted by Crippen LogP contribution is -2.05. The summed E-state index contributed by atoms with van der Waals surface area (Å²) >= 11 is 6.59. The molecule has 0 aliphatic heterocycles. The molecule has 4 nitrogen and oxygen atoms in total. The second kappa shape index (κ2) is 13.5. The number of nitrogens with zero attached hydrogens (tertiary/aromatic N) is 1. The molecule has 0 unspecified atom stereocenters. The zero-order valence-corrected chi connectivity index (χ0v) is 24.7. The van der Waals surface area contributed by atoms with Gasteiger partial charge in [0, 0.05) is 23.5 Å². The van der Waals surface area contributed by atoms with Crippen LogP contribution in [0, 0.1) is 11.3 Å². The van der Waals surface area contributed by atoms with Crippen LogP contribution in [0.5, 0.6) is 0 Å². The van der Waals surface area contributed by atoms with Crippen molar-refractivity contribution < 1.29 is 5.11 Å². The molecule has 39 heavy (non-hydrogen) atoms. The van der Waals surface area contributed by atoms with Crippen LogP contribution in [0.4, 0.5) is 11.4 Å². The smallest absolute Gasteiger partial charge is 0.139 e. The van der Waals surface area contributed by atoms with E-state index in [1.165, 1.54) is 41.6 Å². The zero-order chi connectivity index (χ0) is 27.8. The first-order chi connectivity index (χ1) is 18.9. The van der Waals surface area contributed by atoms with Gasteiger partial charge < -0.3 is 15.4 Å². The first kappa shape index (κ1) is 29.2. The number of imidazole rings is 1. The summed E-state index contributed by atoms with van der Waals surface area (Å²) in [5.74, 6) is 1.47. The molecule has 5 heteroatoms. The predicted octanol–water partition coefficient (Wildman–Crippen LogP) is 9.53. The fourth-order valence-corrected chi connectivity index (χ4v) is 4.94. The van der Waals surface area contributed by atoms with Gasteiger partial charge in [-0.25, -0.2) is 4.98 Å². The van der Waals surface area contributed by atoms with Gasteiger partial charge in [-0.05, 0) is 90.8 Å². The van der Waals surface area contributed by atoms with Crippen LogP contribution in [-0.2, 0) is 12.8 Å². The number of H-pyrrole nitrogens is 1. The van der Waals surface area contributed by atoms with E-state index in [-0.39, 0.29) is 0 Å². The largest absolute Gasteiger partial charge is 0.396 e. The van der Waals surface area contributed by atoms with E-state index >= 15 is 0 Å². The van der Waals surface area contributed by atoms with E-state index in [9.17, 15) is 0 Å². The predicted molar refractivity (Wildman–Crippen MR) is 167 cm³/mol. The van der Waals surface area contributed by atoms with Gasteiger partial charge in [-0.2, -0.15) is 0 Å². The summed E-state index contributed by atoms with van der Waals surface area (Å²) in [6.07, 6.45) is 17.6. The molecule has 2 aliphatic carbocycles. The van der Waals surface area contributed by atoms with Gasteiger partial charge in [0.05, 0.1) is 16.9 Å². The monoisotopic (exact) mass is 545 g/mol. The van der Waals surface area contributed by atoms with Crippen molar-refractivity contribution in [2.75, 3.05) is 11.9 Å². The maximum absolute atomic E-state index is 8.47. The highest BCUT2D eigenvalue weighted by atomic mass is 35.5. The highest BCUT2D eigenvalue weighted by Crippen LogP contribution is 2.43. The lowest BCUT2D eigenvalue weighted by atomic mass is 9.92. The standard InChI is InChI=1S/C29H34ClN3.C5H10O/c1-4-10-24-22(17-20(3)5-2)13-9-14-27(24)32-23-15-16-26(30)25(18-23)29-31-19-28(33-29)21-11-7-6-8-12-21;1-5(4-6)2-3-5/h7,9,11-16,18-20,32H,4-6,8,10,17H2,1-3H3,(H,31,33);6H,2-4H2,1H3/t20-;/m1./s1. The molecule has 3 aromatic rings. The summed E-state index contributed by atoms with van der Waals surface area (Å²) < 4.78 is 0. The van der Waals surface area contributed by atoms with Crippen LogP contribution in [0.15, 0.2) is 60.8 Å². The quantitative estimate of drug-likeness (QED) is 0.237. The van der Waals surface area contributed by atoms with Gasteiger partial charge in [0.25, 0.3) is 0 Å². The fourth-order valence-electron chi connectivity index (χ4n) is 4.74. The third kappa shape index (κ3) is 7.86. The molecule has 208 valence electrons. The molecule has 1 heterocycles. The highest BCUT2D eigenvalue weighted by molar-refractivity contribution is 6.33. The lowest BCUT2D eigenvalue weighted by Gasteiger charge is -2.18. The number of rotatable bonds is 10. The number of aromatic nitrogens is 2. The van der Waals surface area contributed by atoms with Crippen molar-refractivity contribution in [3.8, 4) is 11.4 Å². The number of aliphatic hydroxyl groups is 1. The molecule has 0 amide bonds. The minimum absolute atomic E-state index is 0.347. The molecule has 0 radical (unpaired) electrons. The summed E-state index contributed by atoms with van der Waals surface area (Å²) in [5.41, 5.74) is 8.54. The maximum Gasteiger partial charge on any atom is 0.139 e. The molecule has 3 N–H and O–H groups in total. The minimum Gasteiger partial charge on any atom is -0.396 e. The number of nitrogens with one attached hydrogen (secondary N) is 2. The topological polar surface area (TPSA) is 60.9 Å². The van der Waals surface area contributed by atoms with E-state index in [4.69, 9.17) is 16.7 Å². The minimum atomic E-state index is 0.347. The molecule has 1 atom stereocenters. The van der Waals surface area contributed by atoms with Crippen LogP contribution in [0.25, 0.3) is 17.0 Å². The number of aromatic amines is 1. The van der Waals surface area contributed by atoms with Gasteiger partial charge in [-0.15, -0.1) is 0 Å². The molecule has 0 spiro atoms. The SMILES string of the molecule is CC1(CO)CC1.CCCc1c(C[C@H](C)CC)cccc1Nc1ccc(Cl)c(-c2ncc(C3=CCCC=C3)[nH]2)c1. The van der Waals surface area contributed by atoms with Crippen molar-refractivity contribution in [3.05, 3.63) is 82.7 Å². The van der Waals surface area contributed by atoms with E-state index in [1.807, 2.05) is 18.3 Å². The first-order valence-corrected chi connectivity index (χ1v) is 14.9. The normalized spacial score (nSPS) is 16.2. The number of hydrogen-bond donors (Lipinski definition) is 3. The Morgan fingerprint density at radius 2 is 1.97 bits per heavy atom. The van der Waals surface area contributed by atoms with Gasteiger partial charge in [0.2, 0.25) is 0 Å². The third-order valence-corrected chi connectivity index (χ3v) is 8.24. The Morgan fingerprint density at radius 3 is 2.62 bits per heavy atom. The average Bonchev–Trinajstić information content (AvgIpc) is 3.50. The van der Waals surface area contributed by atoms with Crippen LogP contribution < -0.4 is 5.32 Å². The number of aliphatic hydroxyl groups excluding tert-OH is 1. The molecule has 2 aliphatic rings. The molecule has 1 saturated carbocycles. The van der Waals surface area contributed by atoms with Crippen LogP contribution in [-0.4, -0.2) is 21.7 Å². The summed E-state index contributed by atoms with van der Waals surface area (Å²) in [6, 6.07) is 12.7. The van der Waals surface area contributed by atoms with Crippen molar-refractivity contribution in [2.24, 2.45) is 11.3 Å². The molecule has 5 rings (SSSR count). The second-order valence-electron chi connectivity index (χ2n) is 11.5. The van der Waals surface area contributed by atoms with Gasteiger partial charge in [-0.1, -0.05) is 82.5 Å². The molecule has 0 saturated heterocycles. The molecule has 1 aromatic heterocycles. The number of benzene rings is 2. The van der Waals surface area contributed by atoms with Gasteiger partial charge in [-0.3, -0.25) is 0 Å². The molecular formula is C34H44ClN3O. The van der Waals surface area contributed by atoms with Crippen molar-refractivity contribution in [3.63, 3.8) is 0 Å². The van der Waals surface area contributed by atoms with E-state index in [0.717, 1.165) is 54.9 Å². The third-order valence-electron chi connectivity index (χ3n) is 7.91. The Bertz CT molecular complexity index is 1300. The molecular weight excluding hydrogens is 502 g/mol. The van der Waals surface area contributed by atoms with E-state index in [0.29, 0.717) is 23.0 Å². The van der Waals surface area contributed by atoms with Crippen LogP contribution in [0.2, 0.25) is 5.02 Å². The zero-order valence-electron chi connectivity index (χ0n) is 24.0. The second-order valence-corrected chi connectivity index (χ2v) is 11.9. The molecule has 1 fully saturated rings. The van der Waals surface area contributed by atoms with Gasteiger partial charge in [0.15, 0.2) is 0 Å². The van der Waals surface area contributed by atoms with Crippen molar-refractivity contribution >= 4 is 28.5 Å². The maximum atomic E-state index is 8.47. The van der Waals surface area contributed by atoms with E-state index < -0.39 is 0 Å². The van der Waals surface area contributed by atoms with E-state index in [2.05, 4.69) is 85.5 Å². The summed E-state index contributed by atoms with van der Waals surface area (Å²) in [5, 5.41) is 12.8. The highest BCUT2D eigenvalue weighted by Gasteiger charge is 2.35. The van der Waals surface area contributed by atoms with Crippen LogP contribution >= 0.6 is 11.6 Å². The number of allylic oxidation sites excluding steroid dienone is 4. The first-order valence-electron chi connectivity index (χ1n) is 14.6. The Kier molecular flexibility index (Phi) is 10.1. The summed E-state index contributed by atoms with van der Waals surface area (Å²) in [4.78, 5) is 8.09. The fraction of sp³-hybridized carbons (Fsp3) is 0.441. The Hall–Kier alpha value is -2.82. The van der Waals surface area contributed by atoms with Crippen LogP contribution in [0.3, 0.4) is 0 Å². The summed E-state index contributed by atoms with van der Waals surface area (Å²) in [7, 11) is 0. The van der Waals surface area contributed by atoms with Crippen molar-refractivity contribution in [1.82, 2.24) is 9.97 Å². The lowest BCUT2D eigenvalue weighted by molar-refractivity contribution is 0.224. The Balaban J connectivity index is 0.000000519. The summed E-state index contributed by atoms with van der Waals surface area (Å²) in [6.45, 7) is 9.33. The van der Waals surface area contributed by atoms with Crippen LogP contribution in [0.1, 0.15) is 83.0 Å².